The van der Waals surface area contributed by atoms with E-state index in [4.69, 9.17) is 4.74 Å². The Morgan fingerprint density at radius 2 is 1.61 bits per heavy atom. The first kappa shape index (κ1) is 22.0. The normalized spacial score (nSPS) is 11.4. The van der Waals surface area contributed by atoms with Gasteiger partial charge in [-0.3, -0.25) is 9.59 Å². The molecule has 0 fully saturated rings. The Balaban J connectivity index is 1.64. The molecule has 0 spiro atoms. The lowest BCUT2D eigenvalue weighted by atomic mass is 10.1. The molecule has 31 heavy (non-hydrogen) atoms. The molecule has 1 atom stereocenters. The highest BCUT2D eigenvalue weighted by Crippen LogP contribution is 2.20. The van der Waals surface area contributed by atoms with E-state index in [1.165, 1.54) is 12.1 Å². The van der Waals surface area contributed by atoms with Gasteiger partial charge in [-0.05, 0) is 42.7 Å². The number of amides is 2. The summed E-state index contributed by atoms with van der Waals surface area (Å²) in [4.78, 5) is 25.4. The van der Waals surface area contributed by atoms with Gasteiger partial charge in [0.15, 0.2) is 17.7 Å². The number of hydrogen-bond acceptors (Lipinski definition) is 3. The minimum Gasteiger partial charge on any atom is -0.478 e. The highest BCUT2D eigenvalue weighted by Gasteiger charge is 2.22. The summed E-state index contributed by atoms with van der Waals surface area (Å²) in [5.41, 5.74) is 1.85. The van der Waals surface area contributed by atoms with Crippen molar-refractivity contribution in [2.45, 2.75) is 25.9 Å². The Morgan fingerprint density at radius 1 is 0.935 bits per heavy atom. The van der Waals surface area contributed by atoms with Crippen molar-refractivity contribution in [3.05, 3.63) is 95.8 Å². The molecule has 0 saturated heterocycles. The number of halogens is 1. The van der Waals surface area contributed by atoms with Crippen LogP contribution in [0.5, 0.6) is 5.75 Å². The molecule has 3 rings (SSSR count). The summed E-state index contributed by atoms with van der Waals surface area (Å²) >= 11 is 0. The lowest BCUT2D eigenvalue weighted by molar-refractivity contribution is -0.122. The van der Waals surface area contributed by atoms with E-state index in [0.29, 0.717) is 30.6 Å². The van der Waals surface area contributed by atoms with E-state index < -0.39 is 17.8 Å². The highest BCUT2D eigenvalue weighted by atomic mass is 19.1. The zero-order chi connectivity index (χ0) is 22.1. The van der Waals surface area contributed by atoms with Crippen LogP contribution in [0.15, 0.2) is 78.9 Å². The van der Waals surface area contributed by atoms with Crippen molar-refractivity contribution in [3.8, 4) is 5.75 Å². The number of ether oxygens (including phenoxy) is 1. The quantitative estimate of drug-likeness (QED) is 0.532. The van der Waals surface area contributed by atoms with E-state index in [-0.39, 0.29) is 11.7 Å². The van der Waals surface area contributed by atoms with Gasteiger partial charge in [-0.1, -0.05) is 61.5 Å². The summed E-state index contributed by atoms with van der Waals surface area (Å²) in [6.45, 7) is 2.24. The average molecular weight is 420 g/mol. The van der Waals surface area contributed by atoms with Gasteiger partial charge in [0.1, 0.15) is 0 Å². The lowest BCUT2D eigenvalue weighted by Crippen LogP contribution is -2.34. The fraction of sp³-hybridized carbons (Fsp3) is 0.200. The van der Waals surface area contributed by atoms with Gasteiger partial charge in [0.05, 0.1) is 11.3 Å². The summed E-state index contributed by atoms with van der Waals surface area (Å²) < 4.78 is 19.4. The minimum atomic E-state index is -0.897. The predicted molar refractivity (Wildman–Crippen MR) is 119 cm³/mol. The number of benzene rings is 3. The molecule has 0 aliphatic rings. The van der Waals surface area contributed by atoms with Gasteiger partial charge >= 0.3 is 0 Å². The maximum absolute atomic E-state index is 13.9. The summed E-state index contributed by atoms with van der Waals surface area (Å²) in [5, 5.41) is 5.62. The first-order valence-corrected chi connectivity index (χ1v) is 10.2. The van der Waals surface area contributed by atoms with Gasteiger partial charge < -0.3 is 15.4 Å². The van der Waals surface area contributed by atoms with Crippen molar-refractivity contribution >= 4 is 17.5 Å². The molecule has 5 nitrogen and oxygen atoms in total. The second-order valence-corrected chi connectivity index (χ2v) is 6.97. The standard InChI is InChI=1S/C25H25FN2O3/c1-2-22(31-23-15-9-7-13-20(23)26)25(30)28-21-14-8-6-12-19(21)24(29)27-17-16-18-10-4-3-5-11-18/h3-15,22H,2,16-17H2,1H3,(H,27,29)(H,28,30)/t22-/m1/s1. The molecule has 6 heteroatoms. The van der Waals surface area contributed by atoms with Gasteiger partial charge in [0.25, 0.3) is 11.8 Å². The molecule has 3 aromatic carbocycles. The fourth-order valence-corrected chi connectivity index (χ4v) is 3.08. The maximum atomic E-state index is 13.9. The van der Waals surface area contributed by atoms with E-state index >= 15 is 0 Å². The molecule has 2 N–H and O–H groups in total. The van der Waals surface area contributed by atoms with Gasteiger partial charge in [0, 0.05) is 6.54 Å². The second-order valence-electron chi connectivity index (χ2n) is 6.97. The van der Waals surface area contributed by atoms with Crippen LogP contribution in [0.3, 0.4) is 0 Å². The third kappa shape index (κ3) is 6.15. The Kier molecular flexibility index (Phi) is 7.76. The van der Waals surface area contributed by atoms with Crippen molar-refractivity contribution < 1.29 is 18.7 Å². The van der Waals surface area contributed by atoms with Crippen molar-refractivity contribution in [1.29, 1.82) is 0 Å². The van der Waals surface area contributed by atoms with Gasteiger partial charge in [-0.2, -0.15) is 0 Å². The summed E-state index contributed by atoms with van der Waals surface area (Å²) in [6, 6.07) is 22.5. The number of anilines is 1. The molecule has 0 aromatic heterocycles. The molecule has 0 aliphatic carbocycles. The van der Waals surface area contributed by atoms with Crippen LogP contribution in [0.25, 0.3) is 0 Å². The van der Waals surface area contributed by atoms with Gasteiger partial charge in [-0.15, -0.1) is 0 Å². The molecule has 0 heterocycles. The highest BCUT2D eigenvalue weighted by molar-refractivity contribution is 6.04. The maximum Gasteiger partial charge on any atom is 0.265 e. The number of carbonyl (C=O) groups excluding carboxylic acids is 2. The first-order chi connectivity index (χ1) is 15.1. The van der Waals surface area contributed by atoms with Gasteiger partial charge in [-0.25, -0.2) is 4.39 Å². The third-order valence-corrected chi connectivity index (χ3v) is 4.74. The molecule has 160 valence electrons. The zero-order valence-electron chi connectivity index (χ0n) is 17.3. The van der Waals surface area contributed by atoms with Crippen molar-refractivity contribution in [2.75, 3.05) is 11.9 Å². The number of rotatable bonds is 9. The minimum absolute atomic E-state index is 0.0106. The molecule has 3 aromatic rings. The van der Waals surface area contributed by atoms with Crippen LogP contribution in [0.2, 0.25) is 0 Å². The zero-order valence-corrected chi connectivity index (χ0v) is 17.3. The Hall–Kier alpha value is -3.67. The molecule has 0 saturated carbocycles. The van der Waals surface area contributed by atoms with Crippen LogP contribution in [-0.4, -0.2) is 24.5 Å². The first-order valence-electron chi connectivity index (χ1n) is 10.2. The molecule has 0 aliphatic heterocycles. The predicted octanol–water partition coefficient (Wildman–Crippen LogP) is 4.59. The fourth-order valence-electron chi connectivity index (χ4n) is 3.08. The van der Waals surface area contributed by atoms with E-state index in [2.05, 4.69) is 10.6 Å². The Morgan fingerprint density at radius 3 is 2.35 bits per heavy atom. The van der Waals surface area contributed by atoms with Crippen molar-refractivity contribution in [1.82, 2.24) is 5.32 Å². The second kappa shape index (κ2) is 10.9. The van der Waals surface area contributed by atoms with Crippen LogP contribution in [0.4, 0.5) is 10.1 Å². The molecule has 0 unspecified atom stereocenters. The summed E-state index contributed by atoms with van der Waals surface area (Å²) in [5.74, 6) is -1.26. The number of nitrogens with one attached hydrogen (secondary N) is 2. The molecular formula is C25H25FN2O3. The van der Waals surface area contributed by atoms with E-state index in [1.54, 1.807) is 43.3 Å². The Bertz CT molecular complexity index is 1020. The van der Waals surface area contributed by atoms with Gasteiger partial charge in [0.2, 0.25) is 0 Å². The van der Waals surface area contributed by atoms with Crippen LogP contribution in [-0.2, 0) is 11.2 Å². The van der Waals surface area contributed by atoms with Crippen molar-refractivity contribution in [2.24, 2.45) is 0 Å². The van der Waals surface area contributed by atoms with E-state index in [0.717, 1.165) is 5.56 Å². The van der Waals surface area contributed by atoms with E-state index in [1.807, 2.05) is 30.3 Å². The number of carbonyl (C=O) groups is 2. The van der Waals surface area contributed by atoms with Crippen LogP contribution in [0.1, 0.15) is 29.3 Å². The average Bonchev–Trinajstić information content (AvgIpc) is 2.79. The van der Waals surface area contributed by atoms with Crippen LogP contribution in [0, 0.1) is 5.82 Å². The Labute approximate surface area is 181 Å². The molecule has 0 bridgehead atoms. The molecular weight excluding hydrogens is 395 g/mol. The third-order valence-electron chi connectivity index (χ3n) is 4.74. The van der Waals surface area contributed by atoms with Crippen molar-refractivity contribution in [3.63, 3.8) is 0 Å². The summed E-state index contributed by atoms with van der Waals surface area (Å²) in [6.07, 6.45) is 0.146. The topological polar surface area (TPSA) is 67.4 Å². The number of para-hydroxylation sites is 2. The molecule has 2 amide bonds. The summed E-state index contributed by atoms with van der Waals surface area (Å²) in [7, 11) is 0. The van der Waals surface area contributed by atoms with Crippen LogP contribution < -0.4 is 15.4 Å². The SMILES string of the molecule is CC[C@@H](Oc1ccccc1F)C(=O)Nc1ccccc1C(=O)NCCc1ccccc1. The smallest absolute Gasteiger partial charge is 0.265 e. The monoisotopic (exact) mass is 420 g/mol. The molecule has 0 radical (unpaired) electrons. The van der Waals surface area contributed by atoms with E-state index in [9.17, 15) is 14.0 Å². The number of hydrogen-bond donors (Lipinski definition) is 2. The largest absolute Gasteiger partial charge is 0.478 e. The lowest BCUT2D eigenvalue weighted by Gasteiger charge is -2.18. The van der Waals surface area contributed by atoms with Crippen LogP contribution >= 0.6 is 0 Å².